The minimum Gasteiger partial charge on any atom is -0.390 e. The summed E-state index contributed by atoms with van der Waals surface area (Å²) in [5.74, 6) is 1.16. The van der Waals surface area contributed by atoms with Gasteiger partial charge in [0.1, 0.15) is 5.82 Å². The summed E-state index contributed by atoms with van der Waals surface area (Å²) in [6, 6.07) is 15.7. The molecule has 0 aliphatic carbocycles. The van der Waals surface area contributed by atoms with Gasteiger partial charge >= 0.3 is 0 Å². The highest BCUT2D eigenvalue weighted by Crippen LogP contribution is 2.30. The molecule has 0 saturated carbocycles. The van der Waals surface area contributed by atoms with Gasteiger partial charge in [0, 0.05) is 18.5 Å². The molecule has 2 heterocycles. The molecule has 2 aromatic heterocycles. The van der Waals surface area contributed by atoms with Crippen molar-refractivity contribution in [1.82, 2.24) is 30.2 Å². The molecule has 0 unspecified atom stereocenters. The predicted octanol–water partition coefficient (Wildman–Crippen LogP) is 4.27. The number of halogens is 1. The Morgan fingerprint density at radius 1 is 1.17 bits per heavy atom. The number of nitrogens with one attached hydrogen (secondary N) is 1. The third-order valence-electron chi connectivity index (χ3n) is 4.96. The Morgan fingerprint density at radius 2 is 2.00 bits per heavy atom. The van der Waals surface area contributed by atoms with Gasteiger partial charge in [0.2, 0.25) is 5.82 Å². The van der Waals surface area contributed by atoms with Crippen LogP contribution in [0.4, 0.5) is 0 Å². The molecule has 0 saturated heterocycles. The number of H-pyrrole nitrogens is 1. The van der Waals surface area contributed by atoms with Crippen molar-refractivity contribution in [3.8, 4) is 22.5 Å². The maximum Gasteiger partial charge on any atom is 0.205 e. The first-order valence-corrected chi connectivity index (χ1v) is 10.2. The number of benzene rings is 2. The lowest BCUT2D eigenvalue weighted by atomic mass is 9.97. The Balaban J connectivity index is 1.74. The summed E-state index contributed by atoms with van der Waals surface area (Å²) in [5.41, 5.74) is 3.65. The highest BCUT2D eigenvalue weighted by atomic mass is 35.5. The summed E-state index contributed by atoms with van der Waals surface area (Å²) in [7, 11) is 0. The zero-order chi connectivity index (χ0) is 22.7. The molecule has 0 radical (unpaired) electrons. The summed E-state index contributed by atoms with van der Waals surface area (Å²) in [5, 5.41) is 24.4. The maximum atomic E-state index is 10.1. The summed E-state index contributed by atoms with van der Waals surface area (Å²) < 4.78 is 17.4. The number of aliphatic hydroxyl groups is 1. The Kier molecular flexibility index (Phi) is 5.45. The van der Waals surface area contributed by atoms with E-state index in [4.69, 9.17) is 14.3 Å². The Morgan fingerprint density at radius 3 is 2.73 bits per heavy atom. The topological polar surface area (TPSA) is 92.5 Å². The lowest BCUT2D eigenvalue weighted by Gasteiger charge is -2.13. The molecule has 30 heavy (non-hydrogen) atoms. The molecule has 4 aromatic rings. The molecule has 0 aliphatic rings. The van der Waals surface area contributed by atoms with Crippen LogP contribution in [0.25, 0.3) is 22.5 Å². The molecule has 0 fully saturated rings. The Labute approximate surface area is 182 Å². The minimum atomic E-state index is -2.60. The van der Waals surface area contributed by atoms with Crippen molar-refractivity contribution < 1.29 is 7.85 Å². The monoisotopic (exact) mass is 424 g/mol. The minimum absolute atomic E-state index is 0.0118. The first-order chi connectivity index (χ1) is 15.4. The van der Waals surface area contributed by atoms with Crippen LogP contribution in [0.3, 0.4) is 0 Å². The quantitative estimate of drug-likeness (QED) is 0.440. The average Bonchev–Trinajstić information content (AvgIpc) is 3.40. The van der Waals surface area contributed by atoms with E-state index in [1.807, 2.05) is 48.5 Å². The highest BCUT2D eigenvalue weighted by molar-refractivity contribution is 6.30. The third kappa shape index (κ3) is 4.13. The molecule has 2 N–H and O–H groups in total. The van der Waals surface area contributed by atoms with Gasteiger partial charge in [0.25, 0.3) is 0 Å². The summed E-state index contributed by atoms with van der Waals surface area (Å²) in [6.07, 6.45) is 2.50. The second-order valence-corrected chi connectivity index (χ2v) is 7.31. The molecule has 8 heteroatoms. The van der Waals surface area contributed by atoms with E-state index in [1.54, 1.807) is 4.57 Å². The Bertz CT molecular complexity index is 1200. The summed E-state index contributed by atoms with van der Waals surface area (Å²) in [6.45, 7) is -0.199. The van der Waals surface area contributed by atoms with Crippen LogP contribution >= 0.6 is 11.6 Å². The molecule has 0 atom stereocenters. The molecule has 0 amide bonds. The highest BCUT2D eigenvalue weighted by Gasteiger charge is 2.16. The van der Waals surface area contributed by atoms with Gasteiger partial charge in [-0.1, -0.05) is 67.4 Å². The normalized spacial score (nSPS) is 12.6. The van der Waals surface area contributed by atoms with Crippen LogP contribution in [-0.4, -0.2) is 35.3 Å². The molecule has 0 spiro atoms. The zero-order valence-corrected chi connectivity index (χ0v) is 17.3. The van der Waals surface area contributed by atoms with Gasteiger partial charge < -0.3 is 9.67 Å². The molecule has 0 bridgehead atoms. The number of aryl methyl sites for hydroxylation is 1. The molecule has 154 valence electrons. The number of aromatic nitrogens is 6. The standard InChI is InChI=1S/C22H23ClN6O/c1-2-3-11-20-24-21(23)19(14-30)29(20)13-15-7-6-8-16(12-15)17-9-4-5-10-18(17)22-25-27-28-26-22/h4-10,12,30H,2-3,11,13-14H2,1H3,(H,25,26,27,28)/i14D2. The third-order valence-corrected chi connectivity index (χ3v) is 5.22. The van der Waals surface area contributed by atoms with Crippen LogP contribution in [0, 0.1) is 0 Å². The van der Waals surface area contributed by atoms with E-state index in [-0.39, 0.29) is 10.8 Å². The van der Waals surface area contributed by atoms with Gasteiger partial charge in [0.05, 0.1) is 15.0 Å². The fraction of sp³-hybridized carbons (Fsp3) is 0.273. The van der Waals surface area contributed by atoms with Crippen LogP contribution in [0.2, 0.25) is 5.15 Å². The van der Waals surface area contributed by atoms with E-state index in [0.717, 1.165) is 35.1 Å². The van der Waals surface area contributed by atoms with Crippen molar-refractivity contribution in [2.24, 2.45) is 0 Å². The van der Waals surface area contributed by atoms with Crippen molar-refractivity contribution >= 4 is 11.6 Å². The van der Waals surface area contributed by atoms with E-state index in [9.17, 15) is 5.11 Å². The lowest BCUT2D eigenvalue weighted by molar-refractivity contribution is 0.271. The molecular weight excluding hydrogens is 400 g/mol. The van der Waals surface area contributed by atoms with E-state index >= 15 is 0 Å². The van der Waals surface area contributed by atoms with Gasteiger partial charge in [-0.15, -0.1) is 10.2 Å². The van der Waals surface area contributed by atoms with E-state index in [1.165, 1.54) is 0 Å². The molecule has 4 rings (SSSR count). The van der Waals surface area contributed by atoms with Crippen molar-refractivity contribution in [3.05, 3.63) is 70.8 Å². The fourth-order valence-electron chi connectivity index (χ4n) is 3.50. The summed E-state index contributed by atoms with van der Waals surface area (Å²) in [4.78, 5) is 4.34. The Hall–Kier alpha value is -3.03. The number of aromatic amines is 1. The van der Waals surface area contributed by atoms with E-state index in [2.05, 4.69) is 32.5 Å². The van der Waals surface area contributed by atoms with Crippen LogP contribution < -0.4 is 0 Å². The van der Waals surface area contributed by atoms with Crippen LogP contribution in [0.15, 0.2) is 48.5 Å². The van der Waals surface area contributed by atoms with Crippen molar-refractivity contribution in [2.75, 3.05) is 0 Å². The maximum absolute atomic E-state index is 10.1. The van der Waals surface area contributed by atoms with Crippen molar-refractivity contribution in [3.63, 3.8) is 0 Å². The lowest BCUT2D eigenvalue weighted by Crippen LogP contribution is -2.09. The van der Waals surface area contributed by atoms with E-state index < -0.39 is 6.56 Å². The summed E-state index contributed by atoms with van der Waals surface area (Å²) >= 11 is 6.23. The molecule has 0 aliphatic heterocycles. The van der Waals surface area contributed by atoms with Crippen molar-refractivity contribution in [1.29, 1.82) is 0 Å². The van der Waals surface area contributed by atoms with E-state index in [0.29, 0.717) is 24.6 Å². The van der Waals surface area contributed by atoms with Crippen LogP contribution in [0.1, 0.15) is 39.6 Å². The van der Waals surface area contributed by atoms with Crippen LogP contribution in [0.5, 0.6) is 0 Å². The molecule has 7 nitrogen and oxygen atoms in total. The second kappa shape index (κ2) is 9.19. The largest absolute Gasteiger partial charge is 0.390 e. The van der Waals surface area contributed by atoms with Crippen molar-refractivity contribution in [2.45, 2.75) is 39.3 Å². The molecule has 2 aromatic carbocycles. The van der Waals surface area contributed by atoms with Gasteiger partial charge in [-0.2, -0.15) is 5.21 Å². The van der Waals surface area contributed by atoms with Gasteiger partial charge in [-0.25, -0.2) is 4.98 Å². The number of tetrazole rings is 1. The van der Waals surface area contributed by atoms with Gasteiger partial charge in [0.15, 0.2) is 5.15 Å². The number of unbranched alkanes of at least 4 members (excludes halogenated alkanes) is 1. The zero-order valence-electron chi connectivity index (χ0n) is 18.5. The SMILES string of the molecule is [2H]C([2H])(O)c1c(Cl)nc(CCCC)n1Cc1cccc(-c2ccccc2-c2nn[nH]n2)c1. The number of hydrogen-bond acceptors (Lipinski definition) is 5. The number of nitrogens with zero attached hydrogens (tertiary/aromatic N) is 5. The predicted molar refractivity (Wildman–Crippen MR) is 116 cm³/mol. The smallest absolute Gasteiger partial charge is 0.205 e. The van der Waals surface area contributed by atoms with Gasteiger partial charge in [-0.05, 0) is 34.4 Å². The first kappa shape index (κ1) is 17.8. The number of imidazole rings is 1. The average molecular weight is 425 g/mol. The first-order valence-electron chi connectivity index (χ1n) is 10.8. The van der Waals surface area contributed by atoms with Crippen LogP contribution in [-0.2, 0) is 19.5 Å². The number of rotatable bonds is 8. The van der Waals surface area contributed by atoms with Gasteiger partial charge in [-0.3, -0.25) is 0 Å². The fourth-order valence-corrected chi connectivity index (χ4v) is 3.74. The number of hydrogen-bond donors (Lipinski definition) is 2. The second-order valence-electron chi connectivity index (χ2n) is 6.95. The molecular formula is C22H23ClN6O.